The Morgan fingerprint density at radius 3 is 2.29 bits per heavy atom. The van der Waals surface area contributed by atoms with E-state index in [1.54, 1.807) is 0 Å². The van der Waals surface area contributed by atoms with Crippen LogP contribution in [0.2, 0.25) is 0 Å². The molecule has 0 spiro atoms. The Balaban J connectivity index is 1.48. The summed E-state index contributed by atoms with van der Waals surface area (Å²) in [6.45, 7) is 1.08. The predicted molar refractivity (Wildman–Crippen MR) is 90.4 cm³/mol. The molecule has 1 saturated carbocycles. The number of rotatable bonds is 3. The first-order valence-electron chi connectivity index (χ1n) is 8.86. The van der Waals surface area contributed by atoms with E-state index in [1.165, 1.54) is 0 Å². The summed E-state index contributed by atoms with van der Waals surface area (Å²) in [6.07, 6.45) is 7.53. The van der Waals surface area contributed by atoms with Gasteiger partial charge >= 0.3 is 5.97 Å². The lowest BCUT2D eigenvalue weighted by atomic mass is 9.72. The van der Waals surface area contributed by atoms with Crippen LogP contribution in [0.4, 0.5) is 0 Å². The molecular weight excluding hydrogens is 302 g/mol. The number of carboxylic acid groups (broad SMARTS) is 1. The molecule has 2 bridgehead atoms. The van der Waals surface area contributed by atoms with E-state index in [1.807, 2.05) is 35.2 Å². The third kappa shape index (κ3) is 2.36. The van der Waals surface area contributed by atoms with Crippen LogP contribution in [0.5, 0.6) is 0 Å². The Kier molecular flexibility index (Phi) is 3.70. The van der Waals surface area contributed by atoms with Crippen molar-refractivity contribution in [2.24, 2.45) is 17.8 Å². The Hall–Kier alpha value is -2.10. The number of amides is 1. The summed E-state index contributed by atoms with van der Waals surface area (Å²) in [5, 5.41) is 9.85. The van der Waals surface area contributed by atoms with Crippen LogP contribution in [-0.2, 0) is 15.0 Å². The number of fused-ring (bicyclic) bond motifs is 2. The Labute approximate surface area is 142 Å². The number of carbonyl (C=O) groups excluding carboxylic acids is 1. The molecule has 1 aromatic rings. The fourth-order valence-corrected chi connectivity index (χ4v) is 4.79. The maximum atomic E-state index is 12.9. The molecule has 3 atom stereocenters. The zero-order chi connectivity index (χ0) is 16.7. The zero-order valence-electron chi connectivity index (χ0n) is 13.7. The van der Waals surface area contributed by atoms with Crippen molar-refractivity contribution in [2.75, 3.05) is 13.1 Å². The fraction of sp³-hybridized carbons (Fsp3) is 0.500. The van der Waals surface area contributed by atoms with Gasteiger partial charge in [0.25, 0.3) is 0 Å². The van der Waals surface area contributed by atoms with Gasteiger partial charge in [-0.15, -0.1) is 0 Å². The summed E-state index contributed by atoms with van der Waals surface area (Å²) in [5.41, 5.74) is -0.000414. The number of nitrogens with zero attached hydrogens (tertiary/aromatic N) is 1. The lowest BCUT2D eigenvalue weighted by Gasteiger charge is -2.40. The molecule has 0 aromatic heterocycles. The molecule has 2 fully saturated rings. The zero-order valence-corrected chi connectivity index (χ0v) is 13.7. The second-order valence-electron chi connectivity index (χ2n) is 7.47. The first kappa shape index (κ1) is 15.4. The predicted octanol–water partition coefficient (Wildman–Crippen LogP) is 2.84. The van der Waals surface area contributed by atoms with E-state index < -0.39 is 11.4 Å². The summed E-state index contributed by atoms with van der Waals surface area (Å²) in [5.74, 6) is 0.565. The standard InChI is InChI=1S/C20H23NO3/c22-18(17-13-14-6-7-15(17)12-14)21-10-8-20(9-11-21,19(23)24)16-4-2-1-3-5-16/h1-7,14-15,17H,8-13H2,(H,23,24). The summed E-state index contributed by atoms with van der Waals surface area (Å²) in [6, 6.07) is 9.47. The molecule has 4 rings (SSSR count). The maximum Gasteiger partial charge on any atom is 0.314 e. The SMILES string of the molecule is O=C(C1CC2C=CC1C2)N1CCC(C(=O)O)(c2ccccc2)CC1. The van der Waals surface area contributed by atoms with Crippen molar-refractivity contribution in [1.29, 1.82) is 0 Å². The number of piperidine rings is 1. The molecule has 1 N–H and O–H groups in total. The van der Waals surface area contributed by atoms with Crippen LogP contribution in [0.15, 0.2) is 42.5 Å². The lowest BCUT2D eigenvalue weighted by Crippen LogP contribution is -2.50. The number of aliphatic carboxylic acids is 1. The van der Waals surface area contributed by atoms with E-state index in [0.29, 0.717) is 37.8 Å². The van der Waals surface area contributed by atoms with Crippen LogP contribution in [0.25, 0.3) is 0 Å². The van der Waals surface area contributed by atoms with Crippen molar-refractivity contribution in [3.63, 3.8) is 0 Å². The molecule has 3 unspecified atom stereocenters. The minimum atomic E-state index is -0.855. The number of allylic oxidation sites excluding steroid dienone is 2. The van der Waals surface area contributed by atoms with Gasteiger partial charge in [-0.1, -0.05) is 42.5 Å². The maximum absolute atomic E-state index is 12.9. The van der Waals surface area contributed by atoms with Crippen molar-refractivity contribution in [2.45, 2.75) is 31.1 Å². The van der Waals surface area contributed by atoms with Crippen LogP contribution in [0.3, 0.4) is 0 Å². The minimum absolute atomic E-state index is 0.119. The molecule has 24 heavy (non-hydrogen) atoms. The van der Waals surface area contributed by atoms with Gasteiger partial charge in [-0.25, -0.2) is 0 Å². The second-order valence-corrected chi connectivity index (χ2v) is 7.47. The number of hydrogen-bond acceptors (Lipinski definition) is 2. The lowest BCUT2D eigenvalue weighted by molar-refractivity contribution is -0.149. The Morgan fingerprint density at radius 2 is 1.75 bits per heavy atom. The van der Waals surface area contributed by atoms with Gasteiger partial charge in [0.2, 0.25) is 5.91 Å². The van der Waals surface area contributed by atoms with Crippen LogP contribution >= 0.6 is 0 Å². The normalized spacial score (nSPS) is 30.5. The van der Waals surface area contributed by atoms with Crippen molar-refractivity contribution in [3.05, 3.63) is 48.0 Å². The number of carbonyl (C=O) groups is 2. The molecular formula is C20H23NO3. The van der Waals surface area contributed by atoms with E-state index >= 15 is 0 Å². The number of benzene rings is 1. The average molecular weight is 325 g/mol. The molecule has 1 aromatic carbocycles. The summed E-state index contributed by atoms with van der Waals surface area (Å²) < 4.78 is 0. The van der Waals surface area contributed by atoms with Gasteiger partial charge in [0.05, 0.1) is 5.41 Å². The van der Waals surface area contributed by atoms with E-state index in [0.717, 1.165) is 18.4 Å². The number of likely N-dealkylation sites (tertiary alicyclic amines) is 1. The van der Waals surface area contributed by atoms with Gasteiger partial charge in [-0.05, 0) is 43.1 Å². The monoisotopic (exact) mass is 325 g/mol. The number of hydrogen-bond donors (Lipinski definition) is 1. The Bertz CT molecular complexity index is 673. The quantitative estimate of drug-likeness (QED) is 0.870. The van der Waals surface area contributed by atoms with Gasteiger partial charge in [0, 0.05) is 19.0 Å². The van der Waals surface area contributed by atoms with Gasteiger partial charge in [0.15, 0.2) is 0 Å². The van der Waals surface area contributed by atoms with Gasteiger partial charge in [0.1, 0.15) is 0 Å². The highest BCUT2D eigenvalue weighted by molar-refractivity contribution is 5.83. The average Bonchev–Trinajstić information content (AvgIpc) is 3.25. The van der Waals surface area contributed by atoms with Gasteiger partial charge in [-0.2, -0.15) is 0 Å². The van der Waals surface area contributed by atoms with E-state index in [9.17, 15) is 14.7 Å². The molecule has 3 aliphatic rings. The van der Waals surface area contributed by atoms with Crippen LogP contribution in [0.1, 0.15) is 31.2 Å². The van der Waals surface area contributed by atoms with E-state index in [4.69, 9.17) is 0 Å². The fourth-order valence-electron chi connectivity index (χ4n) is 4.79. The van der Waals surface area contributed by atoms with Crippen molar-refractivity contribution < 1.29 is 14.7 Å². The van der Waals surface area contributed by atoms with Crippen LogP contribution in [0, 0.1) is 17.8 Å². The topological polar surface area (TPSA) is 57.6 Å². The van der Waals surface area contributed by atoms with Crippen LogP contribution < -0.4 is 0 Å². The molecule has 2 aliphatic carbocycles. The molecule has 1 aliphatic heterocycles. The van der Waals surface area contributed by atoms with Crippen molar-refractivity contribution in [1.82, 2.24) is 4.90 Å². The Morgan fingerprint density at radius 1 is 1.04 bits per heavy atom. The molecule has 4 heteroatoms. The van der Waals surface area contributed by atoms with Gasteiger partial charge < -0.3 is 10.0 Å². The van der Waals surface area contributed by atoms with Crippen LogP contribution in [-0.4, -0.2) is 35.0 Å². The molecule has 1 amide bonds. The first-order valence-corrected chi connectivity index (χ1v) is 8.86. The summed E-state index contributed by atoms with van der Waals surface area (Å²) in [7, 11) is 0. The molecule has 1 saturated heterocycles. The summed E-state index contributed by atoms with van der Waals surface area (Å²) >= 11 is 0. The van der Waals surface area contributed by atoms with Crippen molar-refractivity contribution in [3.8, 4) is 0 Å². The van der Waals surface area contributed by atoms with Crippen molar-refractivity contribution >= 4 is 11.9 Å². The van der Waals surface area contributed by atoms with E-state index in [2.05, 4.69) is 12.2 Å². The summed E-state index contributed by atoms with van der Waals surface area (Å²) in [4.78, 5) is 26.8. The molecule has 1 heterocycles. The molecule has 4 nitrogen and oxygen atoms in total. The van der Waals surface area contributed by atoms with Gasteiger partial charge in [-0.3, -0.25) is 9.59 Å². The van der Waals surface area contributed by atoms with E-state index in [-0.39, 0.29) is 11.8 Å². The number of carboxylic acids is 1. The molecule has 0 radical (unpaired) electrons. The highest BCUT2D eigenvalue weighted by Gasteiger charge is 2.46. The largest absolute Gasteiger partial charge is 0.481 e. The third-order valence-corrected chi connectivity index (χ3v) is 6.26. The minimum Gasteiger partial charge on any atom is -0.481 e. The first-order chi connectivity index (χ1) is 11.6. The second kappa shape index (κ2) is 5.76. The highest BCUT2D eigenvalue weighted by atomic mass is 16.4. The molecule has 126 valence electrons. The highest BCUT2D eigenvalue weighted by Crippen LogP contribution is 2.45. The third-order valence-electron chi connectivity index (χ3n) is 6.26. The smallest absolute Gasteiger partial charge is 0.314 e.